The third kappa shape index (κ3) is 3.39. The molecule has 0 fully saturated rings. The summed E-state index contributed by atoms with van der Waals surface area (Å²) in [5.41, 5.74) is 0. The zero-order valence-electron chi connectivity index (χ0n) is 11.6. The van der Waals surface area contributed by atoms with Gasteiger partial charge in [0.2, 0.25) is 0 Å². The Kier molecular flexibility index (Phi) is 4.63. The molecule has 0 amide bonds. The molecule has 1 rings (SSSR count). The molecule has 3 nitrogen and oxygen atoms in total. The van der Waals surface area contributed by atoms with E-state index < -0.39 is 0 Å². The molecular weight excluding hydrogens is 198 g/mol. The first-order chi connectivity index (χ1) is 7.41. The van der Waals surface area contributed by atoms with Crippen LogP contribution in [-0.2, 0) is 0 Å². The predicted molar refractivity (Wildman–Crippen MR) is 70.3 cm³/mol. The van der Waals surface area contributed by atoms with Gasteiger partial charge in [0, 0.05) is 12.6 Å². The van der Waals surface area contributed by atoms with E-state index in [9.17, 15) is 0 Å². The van der Waals surface area contributed by atoms with Crippen LogP contribution in [0.3, 0.4) is 0 Å². The monoisotopic (exact) mass is 225 g/mol. The van der Waals surface area contributed by atoms with Gasteiger partial charge in [-0.2, -0.15) is 5.10 Å². The minimum atomic E-state index is 0.461. The highest BCUT2D eigenvalue weighted by Gasteiger charge is 2.30. The highest BCUT2D eigenvalue weighted by Crippen LogP contribution is 2.22. The van der Waals surface area contributed by atoms with Crippen LogP contribution in [0.2, 0.25) is 0 Å². The lowest BCUT2D eigenvalue weighted by Gasteiger charge is -2.34. The van der Waals surface area contributed by atoms with Gasteiger partial charge in [-0.15, -0.1) is 0 Å². The molecule has 1 unspecified atom stereocenters. The zero-order valence-corrected chi connectivity index (χ0v) is 11.6. The van der Waals surface area contributed by atoms with E-state index in [-0.39, 0.29) is 0 Å². The molecule has 0 aromatic rings. The Morgan fingerprint density at radius 2 is 1.69 bits per heavy atom. The lowest BCUT2D eigenvalue weighted by molar-refractivity contribution is 0.0766. The summed E-state index contributed by atoms with van der Waals surface area (Å²) in [4.78, 5) is 2.39. The molecule has 0 aromatic heterocycles. The van der Waals surface area contributed by atoms with Crippen LogP contribution in [0.5, 0.6) is 0 Å². The standard InChI is InChI=1S/C13H27N3/c1-10(2)7-13-15(8-11(3)4)9-14-16(13)12(5)6/h9-13H,7-8H2,1-6H3. The van der Waals surface area contributed by atoms with Crippen molar-refractivity contribution in [3.8, 4) is 0 Å². The minimum absolute atomic E-state index is 0.461. The summed E-state index contributed by atoms with van der Waals surface area (Å²) >= 11 is 0. The van der Waals surface area contributed by atoms with Gasteiger partial charge in [-0.05, 0) is 32.1 Å². The Bertz CT molecular complexity index is 233. The van der Waals surface area contributed by atoms with Crippen molar-refractivity contribution in [2.24, 2.45) is 16.9 Å². The van der Waals surface area contributed by atoms with Crippen LogP contribution in [0, 0.1) is 11.8 Å². The van der Waals surface area contributed by atoms with Gasteiger partial charge in [0.05, 0.1) is 0 Å². The molecule has 0 N–H and O–H groups in total. The van der Waals surface area contributed by atoms with Gasteiger partial charge < -0.3 is 4.90 Å². The van der Waals surface area contributed by atoms with Gasteiger partial charge in [0.25, 0.3) is 0 Å². The van der Waals surface area contributed by atoms with Crippen molar-refractivity contribution < 1.29 is 0 Å². The number of hydrogen-bond acceptors (Lipinski definition) is 3. The van der Waals surface area contributed by atoms with Gasteiger partial charge in [0.1, 0.15) is 12.5 Å². The Labute approximate surface area is 100 Å². The predicted octanol–water partition coefficient (Wildman–Crippen LogP) is 2.98. The molecule has 1 aliphatic heterocycles. The Balaban J connectivity index is 2.67. The van der Waals surface area contributed by atoms with E-state index in [1.54, 1.807) is 0 Å². The highest BCUT2D eigenvalue weighted by molar-refractivity contribution is 5.57. The topological polar surface area (TPSA) is 18.8 Å². The van der Waals surface area contributed by atoms with Crippen LogP contribution >= 0.6 is 0 Å². The third-order valence-corrected chi connectivity index (χ3v) is 2.81. The van der Waals surface area contributed by atoms with Crippen LogP contribution in [0.4, 0.5) is 0 Å². The van der Waals surface area contributed by atoms with Gasteiger partial charge in [-0.3, -0.25) is 5.01 Å². The van der Waals surface area contributed by atoms with E-state index in [0.717, 1.165) is 6.54 Å². The molecule has 0 spiro atoms. The zero-order chi connectivity index (χ0) is 12.3. The third-order valence-electron chi connectivity index (χ3n) is 2.81. The fraction of sp³-hybridized carbons (Fsp3) is 0.923. The largest absolute Gasteiger partial charge is 0.339 e. The van der Waals surface area contributed by atoms with Gasteiger partial charge in [0.15, 0.2) is 0 Å². The Hall–Kier alpha value is -0.730. The summed E-state index contributed by atoms with van der Waals surface area (Å²) in [6, 6.07) is 0.483. The van der Waals surface area contributed by atoms with Crippen LogP contribution in [-0.4, -0.2) is 35.0 Å². The fourth-order valence-electron chi connectivity index (χ4n) is 2.16. The van der Waals surface area contributed by atoms with Crippen molar-refractivity contribution in [2.45, 2.75) is 60.2 Å². The normalized spacial score (nSPS) is 20.9. The van der Waals surface area contributed by atoms with Crippen LogP contribution in [0.25, 0.3) is 0 Å². The summed E-state index contributed by atoms with van der Waals surface area (Å²) in [6.45, 7) is 14.6. The summed E-state index contributed by atoms with van der Waals surface area (Å²) in [6.07, 6.45) is 3.67. The lowest BCUT2D eigenvalue weighted by Crippen LogP contribution is -2.44. The molecule has 1 aliphatic rings. The maximum absolute atomic E-state index is 4.54. The summed E-state index contributed by atoms with van der Waals surface area (Å²) in [7, 11) is 0. The quantitative estimate of drug-likeness (QED) is 0.716. The molecule has 0 bridgehead atoms. The first kappa shape index (κ1) is 13.3. The second kappa shape index (κ2) is 5.55. The SMILES string of the molecule is CC(C)CC1N(CC(C)C)C=NN1C(C)C. The first-order valence-corrected chi connectivity index (χ1v) is 6.50. The van der Waals surface area contributed by atoms with Crippen molar-refractivity contribution in [3.05, 3.63) is 0 Å². The van der Waals surface area contributed by atoms with Gasteiger partial charge in [-0.25, -0.2) is 0 Å². The molecular formula is C13H27N3. The van der Waals surface area contributed by atoms with Crippen molar-refractivity contribution in [1.29, 1.82) is 0 Å². The molecule has 0 saturated carbocycles. The van der Waals surface area contributed by atoms with Crippen LogP contribution in [0.1, 0.15) is 48.0 Å². The molecule has 16 heavy (non-hydrogen) atoms. The van der Waals surface area contributed by atoms with Gasteiger partial charge >= 0.3 is 0 Å². The average Bonchev–Trinajstić information content (AvgIpc) is 2.47. The number of hydrazone groups is 1. The fourth-order valence-corrected chi connectivity index (χ4v) is 2.16. The van der Waals surface area contributed by atoms with Crippen LogP contribution < -0.4 is 0 Å². The number of nitrogens with zero attached hydrogens (tertiary/aromatic N) is 3. The average molecular weight is 225 g/mol. The number of hydrogen-bond donors (Lipinski definition) is 0. The van der Waals surface area contributed by atoms with Crippen molar-refractivity contribution in [1.82, 2.24) is 9.91 Å². The van der Waals surface area contributed by atoms with E-state index in [0.29, 0.717) is 24.0 Å². The summed E-state index contributed by atoms with van der Waals surface area (Å²) < 4.78 is 0. The number of rotatable bonds is 5. The Morgan fingerprint density at radius 3 is 2.12 bits per heavy atom. The minimum Gasteiger partial charge on any atom is -0.339 e. The van der Waals surface area contributed by atoms with Gasteiger partial charge in [-0.1, -0.05) is 27.7 Å². The van der Waals surface area contributed by atoms with Crippen molar-refractivity contribution >= 4 is 6.34 Å². The van der Waals surface area contributed by atoms with E-state index in [2.05, 4.69) is 56.6 Å². The molecule has 1 atom stereocenters. The van der Waals surface area contributed by atoms with Crippen molar-refractivity contribution in [2.75, 3.05) is 6.54 Å². The van der Waals surface area contributed by atoms with E-state index in [4.69, 9.17) is 0 Å². The Morgan fingerprint density at radius 1 is 1.06 bits per heavy atom. The maximum atomic E-state index is 4.54. The molecule has 94 valence electrons. The first-order valence-electron chi connectivity index (χ1n) is 6.50. The summed E-state index contributed by atoms with van der Waals surface area (Å²) in [5, 5.41) is 6.78. The van der Waals surface area contributed by atoms with E-state index in [1.165, 1.54) is 6.42 Å². The van der Waals surface area contributed by atoms with Crippen LogP contribution in [0.15, 0.2) is 5.10 Å². The molecule has 1 heterocycles. The molecule has 0 aliphatic carbocycles. The maximum Gasteiger partial charge on any atom is 0.119 e. The van der Waals surface area contributed by atoms with Crippen molar-refractivity contribution in [3.63, 3.8) is 0 Å². The molecule has 3 heteroatoms. The lowest BCUT2D eigenvalue weighted by atomic mass is 10.1. The highest BCUT2D eigenvalue weighted by atomic mass is 15.6. The smallest absolute Gasteiger partial charge is 0.119 e. The summed E-state index contributed by atoms with van der Waals surface area (Å²) in [5.74, 6) is 1.40. The molecule has 0 radical (unpaired) electrons. The molecule has 0 aromatic carbocycles. The van der Waals surface area contributed by atoms with E-state index in [1.807, 2.05) is 6.34 Å². The second-order valence-electron chi connectivity index (χ2n) is 5.91. The second-order valence-corrected chi connectivity index (χ2v) is 5.91. The van der Waals surface area contributed by atoms with E-state index >= 15 is 0 Å². The molecule has 0 saturated heterocycles.